The molecule has 3 aromatic carbocycles. The van der Waals surface area contributed by atoms with Crippen molar-refractivity contribution in [2.75, 3.05) is 7.05 Å². The van der Waals surface area contributed by atoms with Crippen molar-refractivity contribution < 1.29 is 39.6 Å². The number of carbonyl (C=O) groups excluding carboxylic acids is 1. The number of alkyl halides is 6. The lowest BCUT2D eigenvalue weighted by Crippen LogP contribution is -2.29. The first-order valence-electron chi connectivity index (χ1n) is 12.0. The minimum absolute atomic E-state index is 0.00669. The van der Waals surface area contributed by atoms with E-state index in [2.05, 4.69) is 4.98 Å². The maximum atomic E-state index is 13.9. The molecule has 0 aliphatic carbocycles. The van der Waals surface area contributed by atoms with Gasteiger partial charge in [-0.1, -0.05) is 42.5 Å². The number of pyridine rings is 1. The van der Waals surface area contributed by atoms with Crippen molar-refractivity contribution in [3.63, 3.8) is 0 Å². The van der Waals surface area contributed by atoms with Crippen LogP contribution in [0.2, 0.25) is 0 Å². The first-order valence-corrected chi connectivity index (χ1v) is 13.5. The van der Waals surface area contributed by atoms with Crippen molar-refractivity contribution in [2.45, 2.75) is 35.7 Å². The van der Waals surface area contributed by atoms with Gasteiger partial charge in [0.05, 0.1) is 21.6 Å². The van der Waals surface area contributed by atoms with Crippen LogP contribution in [0.25, 0.3) is 11.1 Å². The quantitative estimate of drug-likeness (QED) is 0.222. The fraction of sp³-hybridized carbons (Fsp3) is 0.172. The van der Waals surface area contributed by atoms with Crippen molar-refractivity contribution in [3.05, 3.63) is 113 Å². The molecule has 0 fully saturated rings. The molecule has 4 aromatic rings. The third kappa shape index (κ3) is 6.27. The number of benzene rings is 3. The second-order valence-electron chi connectivity index (χ2n) is 9.25. The van der Waals surface area contributed by atoms with Crippen molar-refractivity contribution in [1.29, 1.82) is 0 Å². The summed E-state index contributed by atoms with van der Waals surface area (Å²) in [6.45, 7) is 1.05. The van der Waals surface area contributed by atoms with E-state index in [1.807, 2.05) is 0 Å². The summed E-state index contributed by atoms with van der Waals surface area (Å²) in [5.41, 5.74) is -2.51. The molecule has 0 unspecified atom stereocenters. The molecule has 41 heavy (non-hydrogen) atoms. The van der Waals surface area contributed by atoms with Crippen LogP contribution in [-0.2, 0) is 28.7 Å². The number of hydrogen-bond donors (Lipinski definition) is 0. The fourth-order valence-electron chi connectivity index (χ4n) is 4.31. The lowest BCUT2D eigenvalue weighted by atomic mass is 9.97. The Hall–Kier alpha value is -4.19. The van der Waals surface area contributed by atoms with Crippen LogP contribution in [0.15, 0.2) is 95.0 Å². The zero-order chi connectivity index (χ0) is 30.2. The second-order valence-corrected chi connectivity index (χ2v) is 11.1. The highest BCUT2D eigenvalue weighted by Crippen LogP contribution is 2.37. The maximum absolute atomic E-state index is 13.9. The average Bonchev–Trinajstić information content (AvgIpc) is 2.92. The summed E-state index contributed by atoms with van der Waals surface area (Å²) in [6, 6.07) is 16.5. The van der Waals surface area contributed by atoms with E-state index in [0.29, 0.717) is 23.3 Å². The van der Waals surface area contributed by atoms with Gasteiger partial charge >= 0.3 is 12.4 Å². The number of carbonyl (C=O) groups is 1. The fourth-order valence-corrected chi connectivity index (χ4v) is 5.72. The largest absolute Gasteiger partial charge is 0.416 e. The zero-order valence-corrected chi connectivity index (χ0v) is 22.4. The molecular weight excluding hydrogens is 570 g/mol. The third-order valence-electron chi connectivity index (χ3n) is 6.29. The topological polar surface area (TPSA) is 67.3 Å². The smallest absolute Gasteiger partial charge is 0.337 e. The lowest BCUT2D eigenvalue weighted by Gasteiger charge is -2.23. The lowest BCUT2D eigenvalue weighted by molar-refractivity contribution is -0.143. The molecule has 1 heterocycles. The summed E-state index contributed by atoms with van der Waals surface area (Å²) in [6.07, 6.45) is -8.93. The summed E-state index contributed by atoms with van der Waals surface area (Å²) < 4.78 is 108. The normalized spacial score (nSPS) is 12.3. The minimum Gasteiger partial charge on any atom is -0.337 e. The van der Waals surface area contributed by atoms with Gasteiger partial charge in [-0.15, -0.1) is 0 Å². The van der Waals surface area contributed by atoms with Gasteiger partial charge in [-0.25, -0.2) is 13.4 Å². The van der Waals surface area contributed by atoms with Crippen LogP contribution in [0.4, 0.5) is 26.3 Å². The van der Waals surface area contributed by atoms with Crippen LogP contribution >= 0.6 is 0 Å². The Bertz CT molecular complexity index is 1670. The van der Waals surface area contributed by atoms with Crippen LogP contribution < -0.4 is 0 Å². The zero-order valence-electron chi connectivity index (χ0n) is 21.6. The molecule has 0 aliphatic rings. The molecule has 0 aliphatic heterocycles. The molecule has 0 radical (unpaired) electrons. The Balaban J connectivity index is 1.87. The highest BCUT2D eigenvalue weighted by Gasteiger charge is 2.37. The van der Waals surface area contributed by atoms with Gasteiger partial charge in [0.25, 0.3) is 5.91 Å². The van der Waals surface area contributed by atoms with Crippen molar-refractivity contribution in [2.24, 2.45) is 0 Å². The van der Waals surface area contributed by atoms with Crippen LogP contribution in [0.5, 0.6) is 0 Å². The maximum Gasteiger partial charge on any atom is 0.416 e. The molecule has 214 valence electrons. The molecule has 4 rings (SSSR count). The Morgan fingerprint density at radius 2 is 1.37 bits per heavy atom. The van der Waals surface area contributed by atoms with Gasteiger partial charge in [0.15, 0.2) is 5.03 Å². The van der Waals surface area contributed by atoms with Gasteiger partial charge in [-0.2, -0.15) is 26.3 Å². The van der Waals surface area contributed by atoms with Gasteiger partial charge in [-0.05, 0) is 65.6 Å². The van der Waals surface area contributed by atoms with E-state index in [-0.39, 0.29) is 22.1 Å². The van der Waals surface area contributed by atoms with Gasteiger partial charge in [0, 0.05) is 19.8 Å². The van der Waals surface area contributed by atoms with E-state index in [0.717, 1.165) is 11.9 Å². The summed E-state index contributed by atoms with van der Waals surface area (Å²) in [5.74, 6) is -0.961. The molecule has 0 spiro atoms. The predicted molar refractivity (Wildman–Crippen MR) is 139 cm³/mol. The SMILES string of the molecule is Cc1ccccc1-c1ccnc(S(=O)(=O)c2ccccc2)c1C(=O)N(C)Cc1cc(C(F)(F)F)cc(C(F)(F)F)c1. The third-order valence-corrected chi connectivity index (χ3v) is 8.00. The van der Waals surface area contributed by atoms with E-state index in [4.69, 9.17) is 0 Å². The monoisotopic (exact) mass is 592 g/mol. The van der Waals surface area contributed by atoms with Gasteiger partial charge < -0.3 is 4.90 Å². The van der Waals surface area contributed by atoms with Gasteiger partial charge in [0.2, 0.25) is 9.84 Å². The molecule has 0 saturated carbocycles. The van der Waals surface area contributed by atoms with Crippen molar-refractivity contribution in [3.8, 4) is 11.1 Å². The highest BCUT2D eigenvalue weighted by atomic mass is 32.2. The van der Waals surface area contributed by atoms with E-state index in [1.165, 1.54) is 36.5 Å². The molecule has 1 aromatic heterocycles. The summed E-state index contributed by atoms with van der Waals surface area (Å²) in [7, 11) is -3.22. The Morgan fingerprint density at radius 3 is 1.93 bits per heavy atom. The summed E-state index contributed by atoms with van der Waals surface area (Å²) in [5, 5.41) is -0.596. The Morgan fingerprint density at radius 1 is 0.805 bits per heavy atom. The standard InChI is InChI=1S/C29H22F6N2O3S/c1-18-8-6-7-11-23(18)24-12-13-36-26(41(39,40)22-9-4-3-5-10-22)25(24)27(38)37(2)17-19-14-20(28(30,31)32)16-21(15-19)29(33,34)35/h3-16H,17H2,1-2H3. The Labute approximate surface area is 232 Å². The molecular formula is C29H22F6N2O3S. The first kappa shape index (κ1) is 29.8. The molecule has 0 bridgehead atoms. The summed E-state index contributed by atoms with van der Waals surface area (Å²) >= 11 is 0. The van der Waals surface area contributed by atoms with Crippen molar-refractivity contribution in [1.82, 2.24) is 9.88 Å². The molecule has 1 amide bonds. The van der Waals surface area contributed by atoms with Crippen LogP contribution in [-0.4, -0.2) is 31.3 Å². The molecule has 0 N–H and O–H groups in total. The minimum atomic E-state index is -5.07. The van der Waals surface area contributed by atoms with Gasteiger partial charge in [0.1, 0.15) is 0 Å². The van der Waals surface area contributed by atoms with Crippen LogP contribution in [0.1, 0.15) is 32.6 Å². The van der Waals surface area contributed by atoms with Crippen molar-refractivity contribution >= 4 is 15.7 Å². The van der Waals surface area contributed by atoms with E-state index < -0.39 is 56.4 Å². The van der Waals surface area contributed by atoms with Crippen LogP contribution in [0, 0.1) is 6.92 Å². The number of rotatable bonds is 6. The van der Waals surface area contributed by atoms with E-state index >= 15 is 0 Å². The van der Waals surface area contributed by atoms with E-state index in [9.17, 15) is 39.6 Å². The molecule has 0 atom stereocenters. The average molecular weight is 593 g/mol. The van der Waals surface area contributed by atoms with Crippen LogP contribution in [0.3, 0.4) is 0 Å². The summed E-state index contributed by atoms with van der Waals surface area (Å²) in [4.78, 5) is 18.6. The molecule has 12 heteroatoms. The number of aromatic nitrogens is 1. The number of nitrogens with zero attached hydrogens (tertiary/aromatic N) is 2. The number of sulfone groups is 1. The Kier molecular flexibility index (Phi) is 7.99. The number of amides is 1. The molecule has 5 nitrogen and oxygen atoms in total. The predicted octanol–water partition coefficient (Wildman–Crippen LogP) is 7.20. The second kappa shape index (κ2) is 11.0. The number of hydrogen-bond acceptors (Lipinski definition) is 4. The first-order chi connectivity index (χ1) is 19.1. The number of halogens is 6. The highest BCUT2D eigenvalue weighted by molar-refractivity contribution is 7.91. The molecule has 0 saturated heterocycles. The van der Waals surface area contributed by atoms with E-state index in [1.54, 1.807) is 37.3 Å². The van der Waals surface area contributed by atoms with Gasteiger partial charge in [-0.3, -0.25) is 4.79 Å². The number of aryl methyl sites for hydroxylation is 1.